The van der Waals surface area contributed by atoms with Gasteiger partial charge in [-0.3, -0.25) is 9.59 Å². The van der Waals surface area contributed by atoms with Crippen molar-refractivity contribution in [1.82, 2.24) is 14.7 Å². The van der Waals surface area contributed by atoms with Crippen LogP contribution < -0.4 is 5.56 Å². The van der Waals surface area contributed by atoms with Gasteiger partial charge in [-0.05, 0) is 25.3 Å². The fourth-order valence-electron chi connectivity index (χ4n) is 3.99. The third-order valence-electron chi connectivity index (χ3n) is 5.15. The van der Waals surface area contributed by atoms with Crippen molar-refractivity contribution in [1.29, 1.82) is 0 Å². The molecule has 0 unspecified atom stereocenters. The molecule has 1 aromatic heterocycles. The standard InChI is InChI=1S/C18H21N3O3/c1-20-18(23)13-6-3-2-5-12(13)14(19-20)11-17(22)21-9-10-24-16-8-4-7-15(16)21/h2-3,5-6,15-16H,4,7-11H2,1H3/t15-,16+/m0/s1. The zero-order chi connectivity index (χ0) is 16.7. The number of aromatic nitrogens is 2. The molecule has 126 valence electrons. The largest absolute Gasteiger partial charge is 0.374 e. The van der Waals surface area contributed by atoms with E-state index in [9.17, 15) is 9.59 Å². The Hall–Kier alpha value is -2.21. The number of aryl methyl sites for hydroxylation is 1. The zero-order valence-electron chi connectivity index (χ0n) is 13.8. The maximum Gasteiger partial charge on any atom is 0.274 e. The first kappa shape index (κ1) is 15.3. The summed E-state index contributed by atoms with van der Waals surface area (Å²) in [7, 11) is 1.63. The van der Waals surface area contributed by atoms with Crippen LogP contribution in [0.5, 0.6) is 0 Å². The number of hydrogen-bond acceptors (Lipinski definition) is 4. The highest BCUT2D eigenvalue weighted by molar-refractivity contribution is 5.88. The number of nitrogens with zero attached hydrogens (tertiary/aromatic N) is 3. The van der Waals surface area contributed by atoms with Gasteiger partial charge in [0.1, 0.15) is 0 Å². The number of ether oxygens (including phenoxy) is 1. The SMILES string of the molecule is Cn1nc(CC(=O)N2CCO[C@@H]3CCC[C@@H]32)c2ccccc2c1=O. The second-order valence-corrected chi connectivity index (χ2v) is 6.59. The summed E-state index contributed by atoms with van der Waals surface area (Å²) < 4.78 is 7.10. The highest BCUT2D eigenvalue weighted by atomic mass is 16.5. The van der Waals surface area contributed by atoms with Crippen molar-refractivity contribution in [3.05, 3.63) is 40.3 Å². The van der Waals surface area contributed by atoms with Gasteiger partial charge in [0.2, 0.25) is 5.91 Å². The van der Waals surface area contributed by atoms with Crippen molar-refractivity contribution in [3.63, 3.8) is 0 Å². The van der Waals surface area contributed by atoms with E-state index in [1.165, 1.54) is 4.68 Å². The van der Waals surface area contributed by atoms with Crippen molar-refractivity contribution in [2.45, 2.75) is 37.8 Å². The number of amides is 1. The van der Waals surface area contributed by atoms with Gasteiger partial charge in [-0.2, -0.15) is 5.10 Å². The van der Waals surface area contributed by atoms with E-state index in [1.54, 1.807) is 13.1 Å². The van der Waals surface area contributed by atoms with Gasteiger partial charge in [0, 0.05) is 19.0 Å². The Balaban J connectivity index is 1.66. The Morgan fingerprint density at radius 1 is 1.29 bits per heavy atom. The minimum Gasteiger partial charge on any atom is -0.374 e. The van der Waals surface area contributed by atoms with Crippen LogP contribution in [0.2, 0.25) is 0 Å². The van der Waals surface area contributed by atoms with Crippen LogP contribution in [0.25, 0.3) is 10.8 Å². The van der Waals surface area contributed by atoms with E-state index in [4.69, 9.17) is 4.74 Å². The van der Waals surface area contributed by atoms with Gasteiger partial charge in [0.05, 0.1) is 36.3 Å². The highest BCUT2D eigenvalue weighted by Crippen LogP contribution is 2.30. The topological polar surface area (TPSA) is 64.4 Å². The summed E-state index contributed by atoms with van der Waals surface area (Å²) in [5.41, 5.74) is 0.530. The lowest BCUT2D eigenvalue weighted by molar-refractivity contribution is -0.143. The number of carbonyl (C=O) groups excluding carboxylic acids is 1. The molecule has 1 aliphatic carbocycles. The average Bonchev–Trinajstić information content (AvgIpc) is 3.08. The lowest BCUT2D eigenvalue weighted by Crippen LogP contribution is -2.51. The van der Waals surface area contributed by atoms with E-state index in [2.05, 4.69) is 5.10 Å². The van der Waals surface area contributed by atoms with E-state index in [1.807, 2.05) is 23.1 Å². The normalized spacial score (nSPS) is 23.5. The minimum absolute atomic E-state index is 0.0755. The molecule has 1 aliphatic heterocycles. The lowest BCUT2D eigenvalue weighted by Gasteiger charge is -2.37. The number of carbonyl (C=O) groups is 1. The molecule has 0 N–H and O–H groups in total. The summed E-state index contributed by atoms with van der Waals surface area (Å²) in [5.74, 6) is 0.0755. The summed E-state index contributed by atoms with van der Waals surface area (Å²) in [4.78, 5) is 27.1. The third-order valence-corrected chi connectivity index (χ3v) is 5.15. The Labute approximate surface area is 140 Å². The maximum absolute atomic E-state index is 12.9. The molecule has 2 heterocycles. The number of hydrogen-bond donors (Lipinski definition) is 0. The first-order chi connectivity index (χ1) is 11.6. The predicted octanol–water partition coefficient (Wildman–Crippen LogP) is 1.26. The zero-order valence-corrected chi connectivity index (χ0v) is 13.8. The molecule has 6 heteroatoms. The molecule has 1 aromatic carbocycles. The number of fused-ring (bicyclic) bond motifs is 2. The Kier molecular flexibility index (Phi) is 3.84. The second kappa shape index (κ2) is 6.02. The fraction of sp³-hybridized carbons (Fsp3) is 0.500. The van der Waals surface area contributed by atoms with Crippen LogP contribution in [0.15, 0.2) is 29.1 Å². The molecule has 1 saturated carbocycles. The molecule has 2 aliphatic rings. The maximum atomic E-state index is 12.9. The van der Waals surface area contributed by atoms with E-state index < -0.39 is 0 Å². The van der Waals surface area contributed by atoms with Gasteiger partial charge in [0.15, 0.2) is 0 Å². The molecule has 2 fully saturated rings. The van der Waals surface area contributed by atoms with Crippen molar-refractivity contribution < 1.29 is 9.53 Å². The monoisotopic (exact) mass is 327 g/mol. The van der Waals surface area contributed by atoms with Crippen LogP contribution in [0.1, 0.15) is 25.0 Å². The lowest BCUT2D eigenvalue weighted by atomic mass is 10.1. The van der Waals surface area contributed by atoms with Crippen LogP contribution in [0.4, 0.5) is 0 Å². The quantitative estimate of drug-likeness (QED) is 0.833. The minimum atomic E-state index is -0.135. The molecule has 24 heavy (non-hydrogen) atoms. The fourth-order valence-corrected chi connectivity index (χ4v) is 3.99. The van der Waals surface area contributed by atoms with Crippen LogP contribution in [0, 0.1) is 0 Å². The molecular formula is C18H21N3O3. The molecule has 1 saturated heterocycles. The van der Waals surface area contributed by atoms with Gasteiger partial charge in [-0.25, -0.2) is 4.68 Å². The van der Waals surface area contributed by atoms with E-state index in [0.717, 1.165) is 24.6 Å². The molecular weight excluding hydrogens is 306 g/mol. The number of rotatable bonds is 2. The van der Waals surface area contributed by atoms with Gasteiger partial charge >= 0.3 is 0 Å². The summed E-state index contributed by atoms with van der Waals surface area (Å²) >= 11 is 0. The van der Waals surface area contributed by atoms with Crippen LogP contribution in [0.3, 0.4) is 0 Å². The molecule has 1 amide bonds. The summed E-state index contributed by atoms with van der Waals surface area (Å²) in [6.07, 6.45) is 3.57. The van der Waals surface area contributed by atoms with Gasteiger partial charge < -0.3 is 9.64 Å². The van der Waals surface area contributed by atoms with Crippen molar-refractivity contribution in [2.24, 2.45) is 7.05 Å². The van der Waals surface area contributed by atoms with Gasteiger partial charge in [0.25, 0.3) is 5.56 Å². The van der Waals surface area contributed by atoms with E-state index in [0.29, 0.717) is 24.2 Å². The second-order valence-electron chi connectivity index (χ2n) is 6.59. The Bertz CT molecular complexity index is 845. The molecule has 2 atom stereocenters. The Morgan fingerprint density at radius 2 is 2.08 bits per heavy atom. The van der Waals surface area contributed by atoms with Gasteiger partial charge in [-0.15, -0.1) is 0 Å². The average molecular weight is 327 g/mol. The Morgan fingerprint density at radius 3 is 2.92 bits per heavy atom. The summed E-state index contributed by atoms with van der Waals surface area (Å²) in [6, 6.07) is 7.56. The smallest absolute Gasteiger partial charge is 0.274 e. The predicted molar refractivity (Wildman–Crippen MR) is 89.8 cm³/mol. The molecule has 2 aromatic rings. The highest BCUT2D eigenvalue weighted by Gasteiger charge is 2.38. The summed E-state index contributed by atoms with van der Waals surface area (Å²) in [6.45, 7) is 1.25. The molecule has 6 nitrogen and oxygen atoms in total. The third kappa shape index (κ3) is 2.51. The van der Waals surface area contributed by atoms with E-state index in [-0.39, 0.29) is 30.0 Å². The van der Waals surface area contributed by atoms with Crippen LogP contribution >= 0.6 is 0 Å². The first-order valence-electron chi connectivity index (χ1n) is 8.51. The first-order valence-corrected chi connectivity index (χ1v) is 8.51. The van der Waals surface area contributed by atoms with E-state index >= 15 is 0 Å². The van der Waals surface area contributed by atoms with Crippen LogP contribution in [-0.2, 0) is 23.0 Å². The molecule has 0 radical (unpaired) electrons. The molecule has 0 spiro atoms. The van der Waals surface area contributed by atoms with Crippen molar-refractivity contribution >= 4 is 16.7 Å². The van der Waals surface area contributed by atoms with Crippen LogP contribution in [-0.4, -0.2) is 45.9 Å². The molecule has 4 rings (SSSR count). The number of benzene rings is 1. The number of morpholine rings is 1. The van der Waals surface area contributed by atoms with Gasteiger partial charge in [-0.1, -0.05) is 18.2 Å². The van der Waals surface area contributed by atoms with Crippen molar-refractivity contribution in [2.75, 3.05) is 13.2 Å². The van der Waals surface area contributed by atoms with Crippen molar-refractivity contribution in [3.8, 4) is 0 Å². The summed E-state index contributed by atoms with van der Waals surface area (Å²) in [5, 5.41) is 5.73. The molecule has 0 bridgehead atoms.